The quantitative estimate of drug-likeness (QED) is 0.558. The zero-order valence-corrected chi connectivity index (χ0v) is 7.76. The largest absolute Gasteiger partial charge is 0.495 e. The van der Waals surface area contributed by atoms with Crippen molar-refractivity contribution in [2.24, 2.45) is 0 Å². The van der Waals surface area contributed by atoms with Crippen molar-refractivity contribution in [3.05, 3.63) is 23.5 Å². The first-order valence-corrected chi connectivity index (χ1v) is 4.14. The third kappa shape index (κ3) is 2.53. The zero-order chi connectivity index (χ0) is 9.14. The molecule has 0 unspecified atom stereocenters. The molecule has 1 atom stereocenters. The van der Waals surface area contributed by atoms with Gasteiger partial charge in [-0.2, -0.15) is 0 Å². The molecule has 0 spiro atoms. The molecule has 0 aromatic carbocycles. The first-order valence-electron chi connectivity index (χ1n) is 4.14. The summed E-state index contributed by atoms with van der Waals surface area (Å²) >= 11 is 0. The van der Waals surface area contributed by atoms with Crippen molar-refractivity contribution in [2.75, 3.05) is 0 Å². The van der Waals surface area contributed by atoms with Gasteiger partial charge in [-0.25, -0.2) is 0 Å². The molecule has 0 aliphatic carbocycles. The lowest BCUT2D eigenvalue weighted by atomic mass is 10.0. The van der Waals surface area contributed by atoms with E-state index in [4.69, 9.17) is 4.74 Å². The molecule has 66 valence electrons. The van der Waals surface area contributed by atoms with Gasteiger partial charge in [0.25, 0.3) is 0 Å². The van der Waals surface area contributed by atoms with E-state index in [-0.39, 0.29) is 11.9 Å². The van der Waals surface area contributed by atoms with Crippen LogP contribution in [0.2, 0.25) is 0 Å². The Bertz CT molecular complexity index is 249. The van der Waals surface area contributed by atoms with Gasteiger partial charge in [-0.15, -0.1) is 0 Å². The van der Waals surface area contributed by atoms with E-state index in [9.17, 15) is 4.79 Å². The first kappa shape index (κ1) is 9.04. The molecule has 12 heavy (non-hydrogen) atoms. The van der Waals surface area contributed by atoms with E-state index in [1.807, 2.05) is 19.9 Å². The lowest BCUT2D eigenvalue weighted by Crippen LogP contribution is -2.12. The average Bonchev–Trinajstić information content (AvgIpc) is 1.81. The first-order chi connectivity index (χ1) is 5.58. The fraction of sp³-hybridized carbons (Fsp3) is 0.500. The minimum atomic E-state index is 0.100. The summed E-state index contributed by atoms with van der Waals surface area (Å²) in [4.78, 5) is 10.8. The predicted octanol–water partition coefficient (Wildman–Crippen LogP) is 2.21. The SMILES string of the molecule is CC(=O)/C=C1\C=C(C)O[C@@H](C)C1. The van der Waals surface area contributed by atoms with E-state index in [0.29, 0.717) is 0 Å². The molecule has 2 heteroatoms. The van der Waals surface area contributed by atoms with Gasteiger partial charge in [0, 0.05) is 6.42 Å². The Morgan fingerprint density at radius 3 is 2.92 bits per heavy atom. The fourth-order valence-electron chi connectivity index (χ4n) is 1.41. The Kier molecular flexibility index (Phi) is 2.69. The number of ketones is 1. The molecule has 2 nitrogen and oxygen atoms in total. The topological polar surface area (TPSA) is 26.3 Å². The maximum atomic E-state index is 10.8. The fourth-order valence-corrected chi connectivity index (χ4v) is 1.41. The zero-order valence-electron chi connectivity index (χ0n) is 7.76. The summed E-state index contributed by atoms with van der Waals surface area (Å²) in [5.41, 5.74) is 1.07. The van der Waals surface area contributed by atoms with Crippen molar-refractivity contribution >= 4 is 5.78 Å². The normalized spacial score (nSPS) is 26.4. The van der Waals surface area contributed by atoms with Crippen LogP contribution in [0.1, 0.15) is 27.2 Å². The average molecular weight is 166 g/mol. The molecule has 0 radical (unpaired) electrons. The second-order valence-corrected chi connectivity index (χ2v) is 3.22. The summed E-state index contributed by atoms with van der Waals surface area (Å²) in [7, 11) is 0. The van der Waals surface area contributed by atoms with Gasteiger partial charge in [0.1, 0.15) is 0 Å². The monoisotopic (exact) mass is 166 g/mol. The van der Waals surface area contributed by atoms with E-state index >= 15 is 0 Å². The van der Waals surface area contributed by atoms with Crippen molar-refractivity contribution < 1.29 is 9.53 Å². The van der Waals surface area contributed by atoms with Crippen LogP contribution >= 0.6 is 0 Å². The molecule has 1 rings (SSSR count). The summed E-state index contributed by atoms with van der Waals surface area (Å²) in [5.74, 6) is 0.990. The number of carbonyl (C=O) groups is 1. The van der Waals surface area contributed by atoms with Crippen LogP contribution in [-0.4, -0.2) is 11.9 Å². The summed E-state index contributed by atoms with van der Waals surface area (Å²) < 4.78 is 5.41. The van der Waals surface area contributed by atoms with Crippen LogP contribution in [0.3, 0.4) is 0 Å². The second-order valence-electron chi connectivity index (χ2n) is 3.22. The minimum absolute atomic E-state index is 0.100. The van der Waals surface area contributed by atoms with Gasteiger partial charge in [-0.3, -0.25) is 4.79 Å². The van der Waals surface area contributed by atoms with E-state index in [0.717, 1.165) is 17.8 Å². The Labute approximate surface area is 72.9 Å². The van der Waals surface area contributed by atoms with E-state index in [1.54, 1.807) is 13.0 Å². The maximum Gasteiger partial charge on any atom is 0.152 e. The van der Waals surface area contributed by atoms with E-state index < -0.39 is 0 Å². The summed E-state index contributed by atoms with van der Waals surface area (Å²) in [5, 5.41) is 0. The van der Waals surface area contributed by atoms with E-state index in [2.05, 4.69) is 0 Å². The predicted molar refractivity (Wildman–Crippen MR) is 47.7 cm³/mol. The van der Waals surface area contributed by atoms with Crippen LogP contribution in [0.5, 0.6) is 0 Å². The van der Waals surface area contributed by atoms with E-state index in [1.165, 1.54) is 0 Å². The van der Waals surface area contributed by atoms with Crippen molar-refractivity contribution in [3.63, 3.8) is 0 Å². The minimum Gasteiger partial charge on any atom is -0.495 e. The molecule has 1 aliphatic heterocycles. The van der Waals surface area contributed by atoms with Crippen molar-refractivity contribution in [1.82, 2.24) is 0 Å². The standard InChI is InChI=1S/C10H14O2/c1-7(11)4-10-5-8(2)12-9(3)6-10/h4-5,9H,6H2,1-3H3/b10-4+/t9-/m0/s1. The highest BCUT2D eigenvalue weighted by Gasteiger charge is 2.12. The molecule has 0 bridgehead atoms. The highest BCUT2D eigenvalue weighted by Crippen LogP contribution is 2.20. The third-order valence-electron chi connectivity index (χ3n) is 1.69. The highest BCUT2D eigenvalue weighted by molar-refractivity contribution is 5.88. The smallest absolute Gasteiger partial charge is 0.152 e. The van der Waals surface area contributed by atoms with Gasteiger partial charge in [0.05, 0.1) is 11.9 Å². The molecular formula is C10H14O2. The second kappa shape index (κ2) is 3.57. The molecule has 0 amide bonds. The lowest BCUT2D eigenvalue weighted by molar-refractivity contribution is -0.112. The highest BCUT2D eigenvalue weighted by atomic mass is 16.5. The Morgan fingerprint density at radius 2 is 2.42 bits per heavy atom. The lowest BCUT2D eigenvalue weighted by Gasteiger charge is -2.20. The van der Waals surface area contributed by atoms with Crippen LogP contribution in [0.4, 0.5) is 0 Å². The van der Waals surface area contributed by atoms with Gasteiger partial charge in [-0.1, -0.05) is 0 Å². The molecule has 0 N–H and O–H groups in total. The molecule has 0 saturated heterocycles. The molecule has 0 aromatic rings. The Balaban J connectivity index is 2.79. The molecular weight excluding hydrogens is 152 g/mol. The van der Waals surface area contributed by atoms with Gasteiger partial charge >= 0.3 is 0 Å². The molecule has 1 aliphatic rings. The maximum absolute atomic E-state index is 10.8. The number of allylic oxidation sites excluding steroid dienone is 3. The summed E-state index contributed by atoms with van der Waals surface area (Å²) in [6.07, 6.45) is 4.61. The molecule has 0 fully saturated rings. The summed E-state index contributed by atoms with van der Waals surface area (Å²) in [6.45, 7) is 5.48. The van der Waals surface area contributed by atoms with Crippen molar-refractivity contribution in [2.45, 2.75) is 33.3 Å². The van der Waals surface area contributed by atoms with Gasteiger partial charge < -0.3 is 4.74 Å². The van der Waals surface area contributed by atoms with Crippen LogP contribution in [0.25, 0.3) is 0 Å². The van der Waals surface area contributed by atoms with Gasteiger partial charge in [-0.05, 0) is 38.5 Å². The van der Waals surface area contributed by atoms with Crippen LogP contribution in [0.15, 0.2) is 23.5 Å². The third-order valence-corrected chi connectivity index (χ3v) is 1.69. The number of rotatable bonds is 1. The Hall–Kier alpha value is -1.05. The molecule has 0 saturated carbocycles. The van der Waals surface area contributed by atoms with Gasteiger partial charge in [0.2, 0.25) is 0 Å². The number of hydrogen-bond donors (Lipinski definition) is 0. The summed E-state index contributed by atoms with van der Waals surface area (Å²) in [6, 6.07) is 0. The molecule has 0 aromatic heterocycles. The van der Waals surface area contributed by atoms with Gasteiger partial charge in [0.15, 0.2) is 5.78 Å². The molecule has 1 heterocycles. The van der Waals surface area contributed by atoms with Crippen LogP contribution < -0.4 is 0 Å². The number of carbonyl (C=O) groups excluding carboxylic acids is 1. The van der Waals surface area contributed by atoms with Crippen LogP contribution in [-0.2, 0) is 9.53 Å². The van der Waals surface area contributed by atoms with Crippen molar-refractivity contribution in [1.29, 1.82) is 0 Å². The van der Waals surface area contributed by atoms with Crippen LogP contribution in [0, 0.1) is 0 Å². The van der Waals surface area contributed by atoms with Crippen molar-refractivity contribution in [3.8, 4) is 0 Å². The number of ether oxygens (including phenoxy) is 1. The Morgan fingerprint density at radius 1 is 1.75 bits per heavy atom. The number of hydrogen-bond acceptors (Lipinski definition) is 2.